The highest BCUT2D eigenvalue weighted by molar-refractivity contribution is 7.85. The van der Waals surface area contributed by atoms with E-state index in [9.17, 15) is 23.1 Å². The summed E-state index contributed by atoms with van der Waals surface area (Å²) < 4.78 is 43.7. The number of unbranched alkanes of at least 4 members (excludes halogenated alkanes) is 4. The molecule has 2 aromatic rings. The largest absolute Gasteiger partial charge is 0.493 e. The van der Waals surface area contributed by atoms with Crippen molar-refractivity contribution in [3.63, 3.8) is 0 Å². The Morgan fingerprint density at radius 3 is 2.13 bits per heavy atom. The molecule has 0 radical (unpaired) electrons. The normalized spacial score (nSPS) is 13.4. The van der Waals surface area contributed by atoms with Crippen LogP contribution in [0.2, 0.25) is 0 Å². The zero-order valence-electron chi connectivity index (χ0n) is 25.9. The Kier molecular flexibility index (Phi) is 12.7. The van der Waals surface area contributed by atoms with Gasteiger partial charge >= 0.3 is 5.97 Å². The van der Waals surface area contributed by atoms with Crippen molar-refractivity contribution in [3.05, 3.63) is 52.6 Å². The third kappa shape index (κ3) is 10.2. The van der Waals surface area contributed by atoms with Gasteiger partial charge in [0.1, 0.15) is 11.5 Å². The number of carboxylic acids is 1. The Bertz CT molecular complexity index is 1510. The van der Waals surface area contributed by atoms with Gasteiger partial charge in [-0.15, -0.1) is 24.7 Å². The van der Waals surface area contributed by atoms with Crippen LogP contribution in [0.5, 0.6) is 11.5 Å². The number of hydrogen-bond donors (Lipinski definition) is 3. The number of nitrogens with one attached hydrogen (secondary N) is 1. The Balaban J connectivity index is 1.88. The number of carboxylic acid groups (broad SMARTS) is 1. The second-order valence-electron chi connectivity index (χ2n) is 11.6. The molecule has 0 bridgehead atoms. The van der Waals surface area contributed by atoms with Crippen LogP contribution in [0.3, 0.4) is 0 Å². The van der Waals surface area contributed by atoms with Crippen molar-refractivity contribution in [1.82, 2.24) is 5.32 Å². The number of terminal acetylenes is 2. The molecule has 3 N–H and O–H groups in total. The van der Waals surface area contributed by atoms with E-state index in [4.69, 9.17) is 26.9 Å². The Labute approximate surface area is 266 Å². The molecule has 10 nitrogen and oxygen atoms in total. The van der Waals surface area contributed by atoms with E-state index in [1.807, 2.05) is 24.8 Å². The lowest BCUT2D eigenvalue weighted by Gasteiger charge is -2.22. The lowest BCUT2D eigenvalue weighted by Crippen LogP contribution is -2.31. The zero-order valence-corrected chi connectivity index (χ0v) is 26.7. The van der Waals surface area contributed by atoms with E-state index in [0.717, 1.165) is 24.1 Å². The minimum atomic E-state index is -4.07. The molecular weight excluding hydrogens is 596 g/mol. The first kappa shape index (κ1) is 35.3. The number of aromatic carboxylic acids is 1. The first-order chi connectivity index (χ1) is 21.4. The molecule has 0 atom stereocenters. The highest BCUT2D eigenvalue weighted by atomic mass is 32.2. The molecule has 0 fully saturated rings. The molecule has 0 aromatic heterocycles. The molecular formula is C34H42N2O8S. The summed E-state index contributed by atoms with van der Waals surface area (Å²) in [6.07, 6.45) is 15.0. The van der Waals surface area contributed by atoms with Crippen LogP contribution in [0, 0.1) is 24.7 Å². The van der Waals surface area contributed by atoms with E-state index >= 15 is 0 Å². The summed E-state index contributed by atoms with van der Waals surface area (Å²) in [7, 11) is -4.07. The van der Waals surface area contributed by atoms with E-state index in [1.165, 1.54) is 12.1 Å². The first-order valence-corrected chi connectivity index (χ1v) is 16.6. The molecule has 0 aliphatic carbocycles. The number of ether oxygens (including phenoxy) is 2. The molecule has 1 amide bonds. The van der Waals surface area contributed by atoms with Crippen LogP contribution in [0.1, 0.15) is 90.6 Å². The van der Waals surface area contributed by atoms with Crippen LogP contribution in [-0.2, 0) is 22.1 Å². The average Bonchev–Trinajstić information content (AvgIpc) is 3.24. The Morgan fingerprint density at radius 1 is 1.00 bits per heavy atom. The summed E-state index contributed by atoms with van der Waals surface area (Å²) in [6.45, 7) is 5.65. The van der Waals surface area contributed by atoms with Gasteiger partial charge in [-0.3, -0.25) is 9.35 Å². The molecule has 242 valence electrons. The van der Waals surface area contributed by atoms with Gasteiger partial charge in [-0.1, -0.05) is 19.9 Å². The number of nitrogens with zero attached hydrogens (tertiary/aromatic N) is 1. The highest BCUT2D eigenvalue weighted by Gasteiger charge is 2.38. The third-order valence-corrected chi connectivity index (χ3v) is 8.31. The SMILES string of the molecule is C#CCCCCOc1cc(C(=O)O)cc(OCCCCC#C)c1CNC(=O)c1cccc2c1C(C)(C)CN2CCCS(=O)(=O)O. The molecule has 0 unspecified atom stereocenters. The fraction of sp³-hybridized carbons (Fsp3) is 0.471. The van der Waals surface area contributed by atoms with E-state index in [-0.39, 0.29) is 30.2 Å². The monoisotopic (exact) mass is 638 g/mol. The number of anilines is 1. The van der Waals surface area contributed by atoms with Crippen LogP contribution in [0.4, 0.5) is 5.69 Å². The van der Waals surface area contributed by atoms with Crippen LogP contribution < -0.4 is 19.7 Å². The third-order valence-electron chi connectivity index (χ3n) is 7.51. The van der Waals surface area contributed by atoms with Crippen LogP contribution >= 0.6 is 0 Å². The summed E-state index contributed by atoms with van der Waals surface area (Å²) in [5, 5.41) is 12.7. The van der Waals surface area contributed by atoms with E-state index < -0.39 is 21.5 Å². The smallest absolute Gasteiger partial charge is 0.335 e. The van der Waals surface area contributed by atoms with Gasteiger partial charge in [-0.2, -0.15) is 8.42 Å². The summed E-state index contributed by atoms with van der Waals surface area (Å²) in [5.41, 5.74) is 2.25. The van der Waals surface area contributed by atoms with E-state index in [0.29, 0.717) is 74.6 Å². The molecule has 1 aliphatic heterocycles. The minimum Gasteiger partial charge on any atom is -0.493 e. The maximum absolute atomic E-state index is 13.7. The Hall–Kier alpha value is -4.19. The van der Waals surface area contributed by atoms with Crippen molar-refractivity contribution in [2.45, 2.75) is 70.8 Å². The van der Waals surface area contributed by atoms with Crippen molar-refractivity contribution >= 4 is 27.7 Å². The van der Waals surface area contributed by atoms with Crippen molar-refractivity contribution < 1.29 is 37.1 Å². The summed E-state index contributed by atoms with van der Waals surface area (Å²) in [5.74, 6) is 3.97. The first-order valence-electron chi connectivity index (χ1n) is 15.0. The fourth-order valence-electron chi connectivity index (χ4n) is 5.44. The van der Waals surface area contributed by atoms with Gasteiger partial charge in [-0.05, 0) is 61.9 Å². The molecule has 45 heavy (non-hydrogen) atoms. The predicted octanol–water partition coefficient (Wildman–Crippen LogP) is 5.05. The zero-order chi connectivity index (χ0) is 33.0. The number of benzene rings is 2. The quantitative estimate of drug-likeness (QED) is 0.116. The molecule has 1 aliphatic rings. The number of fused-ring (bicyclic) bond motifs is 1. The summed E-state index contributed by atoms with van der Waals surface area (Å²) in [6, 6.07) is 8.30. The second-order valence-corrected chi connectivity index (χ2v) is 13.2. The maximum Gasteiger partial charge on any atom is 0.335 e. The molecule has 0 saturated heterocycles. The fourth-order valence-corrected chi connectivity index (χ4v) is 5.94. The Morgan fingerprint density at radius 2 is 1.60 bits per heavy atom. The van der Waals surface area contributed by atoms with Gasteiger partial charge in [0.15, 0.2) is 0 Å². The minimum absolute atomic E-state index is 0.000885. The lowest BCUT2D eigenvalue weighted by atomic mass is 9.83. The highest BCUT2D eigenvalue weighted by Crippen LogP contribution is 2.42. The van der Waals surface area contributed by atoms with Crippen molar-refractivity contribution in [2.24, 2.45) is 0 Å². The standard InChI is InChI=1S/C34H42N2O8S/c1-5-7-9-11-18-43-29-21-25(33(38)39)22-30(44-19-12-10-8-6-2)27(29)23-35-32(37)26-15-13-16-28-31(26)34(3,4)24-36(28)17-14-20-45(40,41)42/h1-2,13,15-16,21-22H,7-12,14,17-20,23-24H2,3-4H3,(H,35,37)(H,38,39)(H,40,41,42). The van der Waals surface area contributed by atoms with Gasteiger partial charge in [-0.25, -0.2) is 4.79 Å². The van der Waals surface area contributed by atoms with Crippen molar-refractivity contribution in [3.8, 4) is 36.2 Å². The number of hydrogen-bond acceptors (Lipinski definition) is 7. The van der Waals surface area contributed by atoms with Gasteiger partial charge in [0.05, 0.1) is 36.6 Å². The average molecular weight is 639 g/mol. The van der Waals surface area contributed by atoms with Gasteiger partial charge in [0.25, 0.3) is 16.0 Å². The van der Waals surface area contributed by atoms with E-state index in [2.05, 4.69) is 17.2 Å². The van der Waals surface area contributed by atoms with Gasteiger partial charge in [0, 0.05) is 42.6 Å². The van der Waals surface area contributed by atoms with Crippen LogP contribution in [-0.4, -0.2) is 62.0 Å². The number of carbonyl (C=O) groups excluding carboxylic acids is 1. The van der Waals surface area contributed by atoms with Crippen molar-refractivity contribution in [2.75, 3.05) is 37.0 Å². The molecule has 0 spiro atoms. The van der Waals surface area contributed by atoms with Crippen LogP contribution in [0.25, 0.3) is 0 Å². The van der Waals surface area contributed by atoms with Gasteiger partial charge < -0.3 is 24.8 Å². The van der Waals surface area contributed by atoms with Crippen molar-refractivity contribution in [1.29, 1.82) is 0 Å². The lowest BCUT2D eigenvalue weighted by molar-refractivity contribution is 0.0695. The molecule has 0 saturated carbocycles. The molecule has 3 rings (SSSR count). The second kappa shape index (κ2) is 16.2. The maximum atomic E-state index is 13.7. The molecule has 1 heterocycles. The van der Waals surface area contributed by atoms with E-state index in [1.54, 1.807) is 12.1 Å². The molecule has 2 aromatic carbocycles. The summed E-state index contributed by atoms with van der Waals surface area (Å²) in [4.78, 5) is 27.7. The summed E-state index contributed by atoms with van der Waals surface area (Å²) >= 11 is 0. The molecule has 11 heteroatoms. The number of amides is 1. The number of rotatable bonds is 18. The predicted molar refractivity (Wildman–Crippen MR) is 174 cm³/mol. The number of carbonyl (C=O) groups is 2. The van der Waals surface area contributed by atoms with Gasteiger partial charge in [0.2, 0.25) is 0 Å². The van der Waals surface area contributed by atoms with Crippen LogP contribution in [0.15, 0.2) is 30.3 Å². The topological polar surface area (TPSA) is 142 Å².